The zero-order valence-electron chi connectivity index (χ0n) is 12.9. The van der Waals surface area contributed by atoms with Gasteiger partial charge in [0.05, 0.1) is 12.7 Å². The summed E-state index contributed by atoms with van der Waals surface area (Å²) in [4.78, 5) is 2.53. The van der Waals surface area contributed by atoms with Crippen molar-refractivity contribution < 1.29 is 4.74 Å². The summed E-state index contributed by atoms with van der Waals surface area (Å²) in [6.07, 6.45) is 8.47. The summed E-state index contributed by atoms with van der Waals surface area (Å²) in [5.41, 5.74) is 2.53. The minimum atomic E-state index is 0.638. The Morgan fingerprint density at radius 3 is 2.52 bits per heavy atom. The Morgan fingerprint density at radius 2 is 1.90 bits per heavy atom. The van der Waals surface area contributed by atoms with E-state index in [4.69, 9.17) is 4.74 Å². The molecule has 1 aliphatic heterocycles. The van der Waals surface area contributed by atoms with Crippen LogP contribution in [0.1, 0.15) is 49.7 Å². The molecule has 2 fully saturated rings. The van der Waals surface area contributed by atoms with Crippen molar-refractivity contribution >= 4 is 0 Å². The van der Waals surface area contributed by atoms with E-state index < -0.39 is 0 Å². The van der Waals surface area contributed by atoms with E-state index in [1.54, 1.807) is 7.11 Å². The van der Waals surface area contributed by atoms with Crippen molar-refractivity contribution in [3.8, 4) is 11.8 Å². The average Bonchev–Trinajstić information content (AvgIpc) is 2.98. The second-order valence-corrected chi connectivity index (χ2v) is 6.63. The van der Waals surface area contributed by atoms with E-state index >= 15 is 0 Å². The topological polar surface area (TPSA) is 36.3 Å². The maximum atomic E-state index is 9.18. The molecular formula is C18H24N2O. The zero-order chi connectivity index (χ0) is 14.7. The number of piperidine rings is 1. The van der Waals surface area contributed by atoms with Gasteiger partial charge < -0.3 is 4.74 Å². The lowest BCUT2D eigenvalue weighted by Crippen LogP contribution is -2.38. The summed E-state index contributed by atoms with van der Waals surface area (Å²) < 4.78 is 5.21. The number of nitriles is 1. The van der Waals surface area contributed by atoms with Crippen LogP contribution in [-0.4, -0.2) is 25.1 Å². The fourth-order valence-electron chi connectivity index (χ4n) is 4.01. The van der Waals surface area contributed by atoms with Crippen LogP contribution in [0.3, 0.4) is 0 Å². The van der Waals surface area contributed by atoms with E-state index in [0.29, 0.717) is 16.7 Å². The minimum absolute atomic E-state index is 0.638. The lowest BCUT2D eigenvalue weighted by atomic mass is 9.77. The summed E-state index contributed by atoms with van der Waals surface area (Å²) in [6, 6.07) is 8.19. The van der Waals surface area contributed by atoms with E-state index in [1.165, 1.54) is 57.2 Å². The second-order valence-electron chi connectivity index (χ2n) is 6.63. The molecule has 1 aromatic rings. The fraction of sp³-hybridized carbons (Fsp3) is 0.611. The number of benzene rings is 1. The van der Waals surface area contributed by atoms with Gasteiger partial charge in [0.15, 0.2) is 0 Å². The Labute approximate surface area is 127 Å². The zero-order valence-corrected chi connectivity index (χ0v) is 12.9. The number of nitrogens with zero attached hydrogens (tertiary/aromatic N) is 2. The van der Waals surface area contributed by atoms with Crippen LogP contribution in [0.2, 0.25) is 0 Å². The van der Waals surface area contributed by atoms with Gasteiger partial charge in [-0.3, -0.25) is 4.90 Å². The van der Waals surface area contributed by atoms with Gasteiger partial charge >= 0.3 is 0 Å². The Hall–Kier alpha value is -1.53. The molecular weight excluding hydrogens is 260 g/mol. The molecule has 1 aliphatic carbocycles. The Balaban J connectivity index is 1.61. The highest BCUT2D eigenvalue weighted by Crippen LogP contribution is 2.46. The molecule has 0 aromatic heterocycles. The summed E-state index contributed by atoms with van der Waals surface area (Å²) in [6.45, 7) is 3.36. The number of hydrogen-bond donors (Lipinski definition) is 0. The number of likely N-dealkylation sites (tertiary alicyclic amines) is 1. The van der Waals surface area contributed by atoms with E-state index in [0.717, 1.165) is 6.54 Å². The minimum Gasteiger partial charge on any atom is -0.495 e. The van der Waals surface area contributed by atoms with E-state index in [2.05, 4.69) is 17.0 Å². The van der Waals surface area contributed by atoms with Crippen molar-refractivity contribution in [2.45, 2.75) is 45.1 Å². The monoisotopic (exact) mass is 284 g/mol. The molecule has 0 N–H and O–H groups in total. The largest absolute Gasteiger partial charge is 0.495 e. The lowest BCUT2D eigenvalue weighted by Gasteiger charge is -2.39. The fourth-order valence-corrected chi connectivity index (χ4v) is 4.01. The molecule has 1 saturated heterocycles. The third kappa shape index (κ3) is 3.06. The molecule has 0 bridgehead atoms. The highest BCUT2D eigenvalue weighted by Gasteiger charge is 2.36. The quantitative estimate of drug-likeness (QED) is 0.848. The van der Waals surface area contributed by atoms with Crippen LogP contribution in [-0.2, 0) is 6.54 Å². The molecule has 2 aliphatic rings. The molecule has 1 spiro atoms. The van der Waals surface area contributed by atoms with Gasteiger partial charge in [0.1, 0.15) is 11.8 Å². The molecule has 1 saturated carbocycles. The first kappa shape index (κ1) is 14.4. The van der Waals surface area contributed by atoms with Crippen LogP contribution >= 0.6 is 0 Å². The summed E-state index contributed by atoms with van der Waals surface area (Å²) >= 11 is 0. The van der Waals surface area contributed by atoms with Gasteiger partial charge in [-0.2, -0.15) is 5.26 Å². The molecule has 1 heterocycles. The number of hydrogen-bond acceptors (Lipinski definition) is 3. The van der Waals surface area contributed by atoms with Crippen LogP contribution in [0.4, 0.5) is 0 Å². The lowest BCUT2D eigenvalue weighted by molar-refractivity contribution is 0.103. The predicted molar refractivity (Wildman–Crippen MR) is 83.1 cm³/mol. The highest BCUT2D eigenvalue weighted by molar-refractivity contribution is 5.45. The van der Waals surface area contributed by atoms with Crippen molar-refractivity contribution in [3.05, 3.63) is 29.3 Å². The normalized spacial score (nSPS) is 21.3. The van der Waals surface area contributed by atoms with Gasteiger partial charge in [0.2, 0.25) is 0 Å². The summed E-state index contributed by atoms with van der Waals surface area (Å²) in [7, 11) is 1.61. The van der Waals surface area contributed by atoms with Gasteiger partial charge in [-0.25, -0.2) is 0 Å². The third-order valence-electron chi connectivity index (χ3n) is 5.37. The smallest absolute Gasteiger partial charge is 0.136 e. The first-order valence-corrected chi connectivity index (χ1v) is 8.04. The molecule has 112 valence electrons. The van der Waals surface area contributed by atoms with Crippen LogP contribution in [0.25, 0.3) is 0 Å². The maximum Gasteiger partial charge on any atom is 0.136 e. The third-order valence-corrected chi connectivity index (χ3v) is 5.37. The second kappa shape index (κ2) is 6.07. The Bertz CT molecular complexity index is 531. The van der Waals surface area contributed by atoms with Gasteiger partial charge in [0.25, 0.3) is 0 Å². The first-order valence-electron chi connectivity index (χ1n) is 8.04. The number of methoxy groups -OCH3 is 1. The first-order chi connectivity index (χ1) is 10.2. The van der Waals surface area contributed by atoms with Crippen LogP contribution in [0.5, 0.6) is 5.75 Å². The summed E-state index contributed by atoms with van der Waals surface area (Å²) in [5.74, 6) is 0.671. The summed E-state index contributed by atoms with van der Waals surface area (Å²) in [5, 5.41) is 9.18. The molecule has 21 heavy (non-hydrogen) atoms. The Kier molecular flexibility index (Phi) is 4.17. The molecule has 1 aromatic carbocycles. The van der Waals surface area contributed by atoms with Crippen molar-refractivity contribution in [3.63, 3.8) is 0 Å². The SMILES string of the molecule is COc1ccc(CN2CCC3(CCCC3)CC2)cc1C#N. The van der Waals surface area contributed by atoms with Crippen LogP contribution in [0, 0.1) is 16.7 Å². The van der Waals surface area contributed by atoms with Crippen molar-refractivity contribution in [2.24, 2.45) is 5.41 Å². The van der Waals surface area contributed by atoms with Crippen molar-refractivity contribution in [1.82, 2.24) is 4.90 Å². The standard InChI is InChI=1S/C18H24N2O/c1-21-17-5-4-15(12-16(17)13-19)14-20-10-8-18(9-11-20)6-2-3-7-18/h4-5,12H,2-3,6-11,14H2,1H3. The number of ether oxygens (including phenoxy) is 1. The molecule has 3 heteroatoms. The van der Waals surface area contributed by atoms with Gasteiger partial charge in [-0.1, -0.05) is 18.9 Å². The van der Waals surface area contributed by atoms with Crippen molar-refractivity contribution in [2.75, 3.05) is 20.2 Å². The predicted octanol–water partition coefficient (Wildman–Crippen LogP) is 3.72. The molecule has 3 rings (SSSR count). The van der Waals surface area contributed by atoms with Gasteiger partial charge in [-0.15, -0.1) is 0 Å². The molecule has 0 amide bonds. The van der Waals surface area contributed by atoms with Gasteiger partial charge in [-0.05, 0) is 61.9 Å². The maximum absolute atomic E-state index is 9.18. The van der Waals surface area contributed by atoms with Crippen LogP contribution < -0.4 is 4.74 Å². The molecule has 0 radical (unpaired) electrons. The molecule has 0 atom stereocenters. The van der Waals surface area contributed by atoms with Gasteiger partial charge in [0, 0.05) is 6.54 Å². The molecule has 0 unspecified atom stereocenters. The highest BCUT2D eigenvalue weighted by atomic mass is 16.5. The van der Waals surface area contributed by atoms with Crippen molar-refractivity contribution in [1.29, 1.82) is 5.26 Å². The van der Waals surface area contributed by atoms with Crippen LogP contribution in [0.15, 0.2) is 18.2 Å². The number of rotatable bonds is 3. The van der Waals surface area contributed by atoms with E-state index in [9.17, 15) is 5.26 Å². The average molecular weight is 284 g/mol. The van der Waals surface area contributed by atoms with E-state index in [-0.39, 0.29) is 0 Å². The molecule has 3 nitrogen and oxygen atoms in total. The Morgan fingerprint density at radius 1 is 1.19 bits per heavy atom. The van der Waals surface area contributed by atoms with E-state index in [1.807, 2.05) is 12.1 Å².